The summed E-state index contributed by atoms with van der Waals surface area (Å²) in [5.74, 6) is 2.30. The number of aromatic nitrogens is 3. The van der Waals surface area contributed by atoms with Gasteiger partial charge in [0.25, 0.3) is 0 Å². The molecule has 1 N–H and O–H groups in total. The van der Waals surface area contributed by atoms with Crippen molar-refractivity contribution in [2.24, 2.45) is 5.92 Å². The second-order valence-corrected chi connectivity index (χ2v) is 9.57. The average molecular weight is 440 g/mol. The fourth-order valence-corrected chi connectivity index (χ4v) is 5.03. The van der Waals surface area contributed by atoms with Gasteiger partial charge in [-0.05, 0) is 51.9 Å². The molecule has 1 amide bonds. The molecule has 3 heterocycles. The van der Waals surface area contributed by atoms with Crippen molar-refractivity contribution in [3.63, 3.8) is 0 Å². The summed E-state index contributed by atoms with van der Waals surface area (Å²) in [5.41, 5.74) is 2.90. The maximum Gasteiger partial charge on any atom is 0.225 e. The van der Waals surface area contributed by atoms with Crippen LogP contribution >= 0.6 is 0 Å². The molecule has 8 heteroatoms. The summed E-state index contributed by atoms with van der Waals surface area (Å²) in [4.78, 5) is 24.6. The van der Waals surface area contributed by atoms with Gasteiger partial charge in [-0.2, -0.15) is 0 Å². The van der Waals surface area contributed by atoms with E-state index in [0.717, 1.165) is 93.1 Å². The zero-order valence-electron chi connectivity index (χ0n) is 19.0. The normalized spacial score (nSPS) is 24.5. The van der Waals surface area contributed by atoms with Crippen molar-refractivity contribution in [2.45, 2.75) is 76.4 Å². The molecule has 172 valence electrons. The highest BCUT2D eigenvalue weighted by molar-refractivity contribution is 5.79. The largest absolute Gasteiger partial charge is 0.381 e. The summed E-state index contributed by atoms with van der Waals surface area (Å²) in [6.07, 6.45) is 10.2. The molecule has 8 nitrogen and oxygen atoms in total. The number of nitrogens with one attached hydrogen (secondary N) is 1. The number of amides is 1. The molecule has 5 rings (SSSR count). The predicted octanol–water partition coefficient (Wildman–Crippen LogP) is 3.61. The quantitative estimate of drug-likeness (QED) is 0.735. The van der Waals surface area contributed by atoms with E-state index in [1.165, 1.54) is 0 Å². The fourth-order valence-electron chi connectivity index (χ4n) is 5.03. The standard InChI is InChI=1S/C24H33N5O3/c1-15-12-21(32-28-15)20-14-25-24(27-22(20)16-6-7-16)29-10-8-18(9-11-29)26-23(30)17-4-3-5-19(13-17)31-2/h12,14,16-19H,3-11,13H2,1-2H3,(H,26,30). The van der Waals surface area contributed by atoms with Gasteiger partial charge in [-0.15, -0.1) is 0 Å². The van der Waals surface area contributed by atoms with Crippen LogP contribution in [0.4, 0.5) is 5.95 Å². The van der Waals surface area contributed by atoms with Crippen LogP contribution in [0.2, 0.25) is 0 Å². The molecular formula is C24H33N5O3. The highest BCUT2D eigenvalue weighted by Crippen LogP contribution is 2.43. The summed E-state index contributed by atoms with van der Waals surface area (Å²) >= 11 is 0. The van der Waals surface area contributed by atoms with Gasteiger partial charge in [0.2, 0.25) is 11.9 Å². The molecule has 2 aromatic heterocycles. The molecule has 2 aliphatic carbocycles. The van der Waals surface area contributed by atoms with E-state index in [0.29, 0.717) is 5.92 Å². The smallest absolute Gasteiger partial charge is 0.225 e. The Kier molecular flexibility index (Phi) is 6.13. The molecule has 32 heavy (non-hydrogen) atoms. The molecule has 2 atom stereocenters. The minimum absolute atomic E-state index is 0.0865. The number of piperidine rings is 1. The van der Waals surface area contributed by atoms with Gasteiger partial charge in [-0.25, -0.2) is 9.97 Å². The first-order valence-corrected chi connectivity index (χ1v) is 12.0. The first-order valence-electron chi connectivity index (χ1n) is 12.0. The van der Waals surface area contributed by atoms with Gasteiger partial charge in [0.15, 0.2) is 5.76 Å². The van der Waals surface area contributed by atoms with Crippen molar-refractivity contribution in [1.29, 1.82) is 0 Å². The Hall–Kier alpha value is -2.48. The lowest BCUT2D eigenvalue weighted by atomic mass is 9.86. The molecule has 0 radical (unpaired) electrons. The lowest BCUT2D eigenvalue weighted by Crippen LogP contribution is -2.47. The summed E-state index contributed by atoms with van der Waals surface area (Å²) < 4.78 is 11.0. The van der Waals surface area contributed by atoms with Crippen LogP contribution in [-0.4, -0.2) is 53.4 Å². The number of rotatable bonds is 6. The minimum Gasteiger partial charge on any atom is -0.381 e. The SMILES string of the molecule is COC1CCCC(C(=O)NC2CCN(c3ncc(-c4cc(C)no4)c(C4CC4)n3)CC2)C1. The van der Waals surface area contributed by atoms with Crippen LogP contribution < -0.4 is 10.2 Å². The maximum atomic E-state index is 12.8. The molecule has 3 fully saturated rings. The van der Waals surface area contributed by atoms with Crippen LogP contribution in [-0.2, 0) is 9.53 Å². The van der Waals surface area contributed by atoms with Crippen molar-refractivity contribution in [3.05, 3.63) is 23.7 Å². The third kappa shape index (κ3) is 4.65. The van der Waals surface area contributed by atoms with Gasteiger partial charge in [0.1, 0.15) is 0 Å². The lowest BCUT2D eigenvalue weighted by molar-refractivity contribution is -0.128. The number of anilines is 1. The van der Waals surface area contributed by atoms with Crippen molar-refractivity contribution < 1.29 is 14.1 Å². The second kappa shape index (κ2) is 9.17. The Labute approximate surface area is 189 Å². The van der Waals surface area contributed by atoms with Crippen LogP contribution in [0, 0.1) is 12.8 Å². The van der Waals surface area contributed by atoms with E-state index in [1.54, 1.807) is 7.11 Å². The molecule has 0 bridgehead atoms. The van der Waals surface area contributed by atoms with Crippen molar-refractivity contribution in [3.8, 4) is 11.3 Å². The zero-order valence-corrected chi connectivity index (χ0v) is 19.0. The highest BCUT2D eigenvalue weighted by Gasteiger charge is 2.32. The van der Waals surface area contributed by atoms with Crippen LogP contribution in [0.1, 0.15) is 68.7 Å². The summed E-state index contributed by atoms with van der Waals surface area (Å²) in [6.45, 7) is 3.62. The topological polar surface area (TPSA) is 93.4 Å². The first-order chi connectivity index (χ1) is 15.6. The average Bonchev–Trinajstić information content (AvgIpc) is 3.59. The van der Waals surface area contributed by atoms with Crippen LogP contribution in [0.3, 0.4) is 0 Å². The van der Waals surface area contributed by atoms with Crippen LogP contribution in [0.5, 0.6) is 0 Å². The predicted molar refractivity (Wildman–Crippen MR) is 120 cm³/mol. The number of methoxy groups -OCH3 is 1. The number of ether oxygens (including phenoxy) is 1. The number of aryl methyl sites for hydroxylation is 1. The van der Waals surface area contributed by atoms with Crippen molar-refractivity contribution >= 4 is 11.9 Å². The third-order valence-corrected chi connectivity index (χ3v) is 7.12. The molecule has 1 saturated heterocycles. The van der Waals surface area contributed by atoms with Gasteiger partial charge in [0, 0.05) is 50.3 Å². The van der Waals surface area contributed by atoms with Crippen LogP contribution in [0.25, 0.3) is 11.3 Å². The molecule has 0 spiro atoms. The van der Waals surface area contributed by atoms with E-state index in [9.17, 15) is 4.79 Å². The highest BCUT2D eigenvalue weighted by atomic mass is 16.5. The van der Waals surface area contributed by atoms with E-state index in [-0.39, 0.29) is 24.0 Å². The Morgan fingerprint density at radius 3 is 2.69 bits per heavy atom. The van der Waals surface area contributed by atoms with Crippen molar-refractivity contribution in [2.75, 3.05) is 25.1 Å². The molecular weight excluding hydrogens is 406 g/mol. The molecule has 2 unspecified atom stereocenters. The Morgan fingerprint density at radius 2 is 2.00 bits per heavy atom. The maximum absolute atomic E-state index is 12.8. The Balaban J connectivity index is 1.20. The number of nitrogens with zero attached hydrogens (tertiary/aromatic N) is 4. The zero-order chi connectivity index (χ0) is 22.1. The lowest BCUT2D eigenvalue weighted by Gasteiger charge is -2.34. The van der Waals surface area contributed by atoms with E-state index >= 15 is 0 Å². The number of carbonyl (C=O) groups excluding carboxylic acids is 1. The van der Waals surface area contributed by atoms with E-state index in [4.69, 9.17) is 14.2 Å². The first kappa shape index (κ1) is 21.4. The van der Waals surface area contributed by atoms with Gasteiger partial charge in [0.05, 0.1) is 23.1 Å². The number of hydrogen-bond acceptors (Lipinski definition) is 7. The summed E-state index contributed by atoms with van der Waals surface area (Å²) in [7, 11) is 1.75. The molecule has 1 aliphatic heterocycles. The van der Waals surface area contributed by atoms with Gasteiger partial charge in [-0.1, -0.05) is 11.6 Å². The van der Waals surface area contributed by atoms with E-state index < -0.39 is 0 Å². The van der Waals surface area contributed by atoms with E-state index in [2.05, 4.69) is 20.4 Å². The van der Waals surface area contributed by atoms with Crippen molar-refractivity contribution in [1.82, 2.24) is 20.4 Å². The Bertz CT molecular complexity index is 949. The number of hydrogen-bond donors (Lipinski definition) is 1. The van der Waals surface area contributed by atoms with E-state index in [1.807, 2.05) is 19.2 Å². The summed E-state index contributed by atoms with van der Waals surface area (Å²) in [6, 6.07) is 2.17. The Morgan fingerprint density at radius 1 is 1.19 bits per heavy atom. The molecule has 2 saturated carbocycles. The third-order valence-electron chi connectivity index (χ3n) is 7.12. The fraction of sp³-hybridized carbons (Fsp3) is 0.667. The number of carbonyl (C=O) groups is 1. The molecule has 0 aromatic carbocycles. The second-order valence-electron chi connectivity index (χ2n) is 9.57. The summed E-state index contributed by atoms with van der Waals surface area (Å²) in [5, 5.41) is 7.31. The van der Waals surface area contributed by atoms with Gasteiger partial charge in [-0.3, -0.25) is 4.79 Å². The van der Waals surface area contributed by atoms with Crippen LogP contribution in [0.15, 0.2) is 16.8 Å². The monoisotopic (exact) mass is 439 g/mol. The minimum atomic E-state index is 0.0865. The molecule has 2 aromatic rings. The van der Waals surface area contributed by atoms with Gasteiger partial charge >= 0.3 is 0 Å². The molecule has 3 aliphatic rings. The van der Waals surface area contributed by atoms with Gasteiger partial charge < -0.3 is 19.5 Å².